The van der Waals surface area contributed by atoms with Gasteiger partial charge < -0.3 is 15.1 Å². The molecule has 0 saturated heterocycles. The van der Waals surface area contributed by atoms with Crippen molar-refractivity contribution in [2.75, 3.05) is 14.1 Å². The number of nitrogens with one attached hydrogen (secondary N) is 2. The Morgan fingerprint density at radius 1 is 0.862 bits per heavy atom. The number of amides is 3. The number of phenolic OH excluding ortho intramolecular Hbond substituents is 2. The molecule has 4 N–H and O–H groups in total. The van der Waals surface area contributed by atoms with Crippen LogP contribution in [0, 0.1) is 0 Å². The first kappa shape index (κ1) is 23.2. The van der Waals surface area contributed by atoms with Crippen LogP contribution in [-0.2, 0) is 4.79 Å². The summed E-state index contributed by atoms with van der Waals surface area (Å²) in [6.45, 7) is 3.32. The van der Waals surface area contributed by atoms with Crippen molar-refractivity contribution < 1.29 is 19.8 Å². The zero-order chi connectivity index (χ0) is 21.8. The van der Waals surface area contributed by atoms with E-state index in [9.17, 15) is 19.8 Å². The quantitative estimate of drug-likeness (QED) is 0.349. The van der Waals surface area contributed by atoms with Crippen LogP contribution in [-0.4, -0.2) is 53.1 Å². The lowest BCUT2D eigenvalue weighted by Gasteiger charge is -2.06. The zero-order valence-corrected chi connectivity index (χ0v) is 16.7. The number of aromatic hydroxyl groups is 2. The first-order valence-corrected chi connectivity index (χ1v) is 8.59. The Balaban J connectivity index is 0.000000749. The second-order valence-corrected chi connectivity index (χ2v) is 6.05. The number of phenols is 2. The monoisotopic (exact) mass is 399 g/mol. The number of hydrogen-bond donors (Lipinski definition) is 4. The molecule has 3 amide bonds. The van der Waals surface area contributed by atoms with Gasteiger partial charge in [0.05, 0.1) is 11.4 Å². The van der Waals surface area contributed by atoms with Crippen molar-refractivity contribution in [3.63, 3.8) is 0 Å². The molecule has 0 aliphatic heterocycles. The molecule has 0 saturated carbocycles. The van der Waals surface area contributed by atoms with Gasteiger partial charge in [0.2, 0.25) is 6.41 Å². The van der Waals surface area contributed by atoms with Crippen molar-refractivity contribution in [2.45, 2.75) is 13.8 Å². The highest BCUT2D eigenvalue weighted by atomic mass is 16.3. The Hall–Kier alpha value is -3.88. The van der Waals surface area contributed by atoms with E-state index >= 15 is 0 Å². The Kier molecular flexibility index (Phi) is 9.39. The average molecular weight is 399 g/mol. The van der Waals surface area contributed by atoms with Crippen molar-refractivity contribution in [3.8, 4) is 11.5 Å². The lowest BCUT2D eigenvalue weighted by Crippen LogP contribution is -2.30. The van der Waals surface area contributed by atoms with E-state index in [4.69, 9.17) is 0 Å². The van der Waals surface area contributed by atoms with E-state index in [2.05, 4.69) is 21.1 Å². The molecule has 2 rings (SSSR count). The van der Waals surface area contributed by atoms with E-state index in [1.165, 1.54) is 17.0 Å². The number of para-hydroxylation sites is 2. The lowest BCUT2D eigenvalue weighted by molar-refractivity contribution is -0.115. The minimum absolute atomic E-state index is 0.0781. The second-order valence-electron chi connectivity index (χ2n) is 6.05. The third-order valence-corrected chi connectivity index (χ3v) is 3.45. The van der Waals surface area contributed by atoms with Crippen molar-refractivity contribution in [3.05, 3.63) is 59.7 Å². The smallest absolute Gasteiger partial charge is 0.355 e. The molecule has 0 bridgehead atoms. The third-order valence-electron chi connectivity index (χ3n) is 3.45. The number of hydrogen-bond acceptors (Lipinski definition) is 6. The largest absolute Gasteiger partial charge is 0.507 e. The van der Waals surface area contributed by atoms with Gasteiger partial charge in [-0.2, -0.15) is 10.2 Å². The summed E-state index contributed by atoms with van der Waals surface area (Å²) in [6.07, 6.45) is 0.750. The molecule has 154 valence electrons. The first-order valence-electron chi connectivity index (χ1n) is 8.59. The topological polar surface area (TPSA) is 127 Å². The fraction of sp³-hybridized carbons (Fsp3) is 0.200. The van der Waals surface area contributed by atoms with E-state index in [0.717, 1.165) is 6.41 Å². The molecule has 0 radical (unpaired) electrons. The van der Waals surface area contributed by atoms with Crippen LogP contribution in [0.25, 0.3) is 0 Å². The number of carbonyl (C=O) groups is 2. The fourth-order valence-electron chi connectivity index (χ4n) is 1.97. The molecule has 0 spiro atoms. The van der Waals surface area contributed by atoms with Crippen LogP contribution in [0.3, 0.4) is 0 Å². The van der Waals surface area contributed by atoms with Crippen molar-refractivity contribution in [2.24, 2.45) is 10.2 Å². The van der Waals surface area contributed by atoms with E-state index in [0.29, 0.717) is 22.6 Å². The SMILES string of the molecule is C/C(=N\NC(=O)N/N=C(\C)c1ccccc1O)c1ccccc1O.CN(C)C=O. The molecule has 2 aromatic rings. The van der Waals surface area contributed by atoms with Gasteiger partial charge in [-0.15, -0.1) is 0 Å². The summed E-state index contributed by atoms with van der Waals surface area (Å²) >= 11 is 0. The van der Waals surface area contributed by atoms with Crippen LogP contribution in [0.2, 0.25) is 0 Å². The number of carbonyl (C=O) groups excluding carboxylic acids is 2. The van der Waals surface area contributed by atoms with Gasteiger partial charge in [0.15, 0.2) is 0 Å². The molecular weight excluding hydrogens is 374 g/mol. The average Bonchev–Trinajstić information content (AvgIpc) is 2.71. The van der Waals surface area contributed by atoms with E-state index in [1.807, 2.05) is 0 Å². The lowest BCUT2D eigenvalue weighted by atomic mass is 10.1. The van der Waals surface area contributed by atoms with Crippen LogP contribution in [0.15, 0.2) is 58.7 Å². The van der Waals surface area contributed by atoms with E-state index in [-0.39, 0.29) is 11.5 Å². The molecule has 0 aliphatic carbocycles. The molecule has 0 aromatic heterocycles. The number of urea groups is 1. The van der Waals surface area contributed by atoms with Gasteiger partial charge in [-0.3, -0.25) is 4.79 Å². The van der Waals surface area contributed by atoms with Gasteiger partial charge in [0.1, 0.15) is 11.5 Å². The van der Waals surface area contributed by atoms with Crippen LogP contribution in [0.4, 0.5) is 4.79 Å². The van der Waals surface area contributed by atoms with Gasteiger partial charge >= 0.3 is 6.03 Å². The van der Waals surface area contributed by atoms with Crippen LogP contribution < -0.4 is 10.9 Å². The summed E-state index contributed by atoms with van der Waals surface area (Å²) in [6, 6.07) is 12.7. The van der Waals surface area contributed by atoms with Crippen LogP contribution in [0.1, 0.15) is 25.0 Å². The maximum absolute atomic E-state index is 11.7. The highest BCUT2D eigenvalue weighted by Crippen LogP contribution is 2.17. The molecule has 0 atom stereocenters. The predicted molar refractivity (Wildman–Crippen MR) is 112 cm³/mol. The Morgan fingerprint density at radius 3 is 1.52 bits per heavy atom. The molecule has 0 heterocycles. The second kappa shape index (κ2) is 11.8. The van der Waals surface area contributed by atoms with E-state index < -0.39 is 6.03 Å². The normalized spacial score (nSPS) is 11.0. The molecule has 9 nitrogen and oxygen atoms in total. The number of nitrogens with zero attached hydrogens (tertiary/aromatic N) is 3. The number of hydrazone groups is 2. The third kappa shape index (κ3) is 8.12. The number of rotatable bonds is 5. The van der Waals surface area contributed by atoms with Crippen LogP contribution >= 0.6 is 0 Å². The van der Waals surface area contributed by atoms with Crippen molar-refractivity contribution in [1.29, 1.82) is 0 Å². The summed E-state index contributed by atoms with van der Waals surface area (Å²) in [5.74, 6) is 0.156. The Bertz CT molecular complexity index is 828. The maximum Gasteiger partial charge on any atom is 0.355 e. The molecule has 0 unspecified atom stereocenters. The molecule has 2 aromatic carbocycles. The van der Waals surface area contributed by atoms with Gasteiger partial charge in [0, 0.05) is 25.2 Å². The molecular formula is C20H25N5O4. The molecule has 29 heavy (non-hydrogen) atoms. The first-order chi connectivity index (χ1) is 13.8. The standard InChI is InChI=1S/C17H18N4O3.C3H7NO/c1-11(13-7-3-5-9-15(13)22)18-20-17(24)21-19-12(2)14-8-4-6-10-16(14)23;1-4(2)3-5/h3-10,22-23H,1-2H3,(H2,20,21,24);3H,1-2H3/b18-11+,19-12+;. The number of benzene rings is 2. The van der Waals surface area contributed by atoms with Gasteiger partial charge in [-0.1, -0.05) is 24.3 Å². The molecule has 9 heteroatoms. The van der Waals surface area contributed by atoms with Crippen molar-refractivity contribution >= 4 is 23.9 Å². The predicted octanol–water partition coefficient (Wildman–Crippen LogP) is 2.25. The molecule has 0 fully saturated rings. The molecule has 0 aliphatic rings. The summed E-state index contributed by atoms with van der Waals surface area (Å²) in [7, 11) is 3.38. The Labute approximate surface area is 169 Å². The van der Waals surface area contributed by atoms with E-state index in [1.54, 1.807) is 64.3 Å². The summed E-state index contributed by atoms with van der Waals surface area (Å²) in [5.41, 5.74) is 6.51. The van der Waals surface area contributed by atoms with Gasteiger partial charge in [-0.25, -0.2) is 15.6 Å². The summed E-state index contributed by atoms with van der Waals surface area (Å²) < 4.78 is 0. The van der Waals surface area contributed by atoms with Crippen molar-refractivity contribution in [1.82, 2.24) is 15.8 Å². The minimum atomic E-state index is -0.639. The minimum Gasteiger partial charge on any atom is -0.507 e. The zero-order valence-electron chi connectivity index (χ0n) is 16.7. The summed E-state index contributed by atoms with van der Waals surface area (Å²) in [4.78, 5) is 22.6. The van der Waals surface area contributed by atoms with Gasteiger partial charge in [-0.05, 0) is 38.1 Å². The van der Waals surface area contributed by atoms with Crippen LogP contribution in [0.5, 0.6) is 11.5 Å². The highest BCUT2D eigenvalue weighted by Gasteiger charge is 2.06. The summed E-state index contributed by atoms with van der Waals surface area (Å²) in [5, 5.41) is 27.2. The maximum atomic E-state index is 11.7. The fourth-order valence-corrected chi connectivity index (χ4v) is 1.97. The Morgan fingerprint density at radius 2 is 1.21 bits per heavy atom. The van der Waals surface area contributed by atoms with Gasteiger partial charge in [0.25, 0.3) is 0 Å². The highest BCUT2D eigenvalue weighted by molar-refractivity contribution is 6.02.